The Morgan fingerprint density at radius 3 is 2.56 bits per heavy atom. The summed E-state index contributed by atoms with van der Waals surface area (Å²) in [4.78, 5) is 10.8. The number of carbonyl (C=O) groups is 1. The first-order valence-corrected chi connectivity index (χ1v) is 10.4. The van der Waals surface area contributed by atoms with Crippen molar-refractivity contribution in [2.45, 2.75) is 24.2 Å². The highest BCUT2D eigenvalue weighted by Gasteiger charge is 2.23. The molecule has 8 heteroatoms. The van der Waals surface area contributed by atoms with Crippen LogP contribution >= 0.6 is 11.6 Å². The summed E-state index contributed by atoms with van der Waals surface area (Å²) in [7, 11) is -3.54. The number of hydrogen-bond acceptors (Lipinski definition) is 4. The summed E-state index contributed by atoms with van der Waals surface area (Å²) < 4.78 is 32.4. The molecule has 1 unspecified atom stereocenters. The van der Waals surface area contributed by atoms with E-state index in [9.17, 15) is 13.2 Å². The second-order valence-electron chi connectivity index (χ2n) is 6.53. The summed E-state index contributed by atoms with van der Waals surface area (Å²) in [5, 5.41) is 9.17. The van der Waals surface area contributed by atoms with Crippen LogP contribution in [0.3, 0.4) is 0 Å². The van der Waals surface area contributed by atoms with Crippen LogP contribution in [0.2, 0.25) is 5.02 Å². The Kier molecular flexibility index (Phi) is 6.04. The Balaban J connectivity index is 1.52. The number of sulfonamides is 1. The van der Waals surface area contributed by atoms with Gasteiger partial charge < -0.3 is 9.84 Å². The molecule has 2 N–H and O–H groups in total. The third-order valence-corrected chi connectivity index (χ3v) is 6.25. The van der Waals surface area contributed by atoms with Crippen molar-refractivity contribution in [1.82, 2.24) is 4.72 Å². The molecule has 144 valence electrons. The number of nitrogens with one attached hydrogen (secondary N) is 1. The van der Waals surface area contributed by atoms with Gasteiger partial charge in [0.2, 0.25) is 10.0 Å². The lowest BCUT2D eigenvalue weighted by atomic mass is 10.0. The number of halogens is 1. The van der Waals surface area contributed by atoms with Crippen molar-refractivity contribution in [1.29, 1.82) is 0 Å². The Labute approximate surface area is 163 Å². The van der Waals surface area contributed by atoms with Gasteiger partial charge in [0.15, 0.2) is 6.61 Å². The topological polar surface area (TPSA) is 92.7 Å². The molecule has 0 heterocycles. The van der Waals surface area contributed by atoms with Crippen molar-refractivity contribution in [3.63, 3.8) is 0 Å². The van der Waals surface area contributed by atoms with Gasteiger partial charge in [-0.05, 0) is 72.7 Å². The zero-order chi connectivity index (χ0) is 19.4. The summed E-state index contributed by atoms with van der Waals surface area (Å²) in [6, 6.07) is 11.7. The SMILES string of the molecule is O=C(O)COc1ccc2c(c1)CC(CCNS(=O)(=O)c1ccc(Cl)cc1)C2. The average Bonchev–Trinajstić information content (AvgIpc) is 3.02. The van der Waals surface area contributed by atoms with E-state index in [1.165, 1.54) is 17.7 Å². The maximum atomic E-state index is 12.3. The normalized spacial score (nSPS) is 16.1. The molecule has 0 saturated carbocycles. The second-order valence-corrected chi connectivity index (χ2v) is 8.73. The summed E-state index contributed by atoms with van der Waals surface area (Å²) in [6.45, 7) is -0.0132. The quantitative estimate of drug-likeness (QED) is 0.699. The molecule has 27 heavy (non-hydrogen) atoms. The van der Waals surface area contributed by atoms with E-state index in [2.05, 4.69) is 4.72 Å². The fourth-order valence-corrected chi connectivity index (χ4v) is 4.39. The van der Waals surface area contributed by atoms with Crippen LogP contribution in [0.5, 0.6) is 5.75 Å². The minimum atomic E-state index is -3.54. The van der Waals surface area contributed by atoms with Gasteiger partial charge in [0.05, 0.1) is 4.90 Å². The molecule has 0 fully saturated rings. The van der Waals surface area contributed by atoms with E-state index in [0.29, 0.717) is 29.7 Å². The van der Waals surface area contributed by atoms with Gasteiger partial charge >= 0.3 is 5.97 Å². The second kappa shape index (κ2) is 8.29. The fourth-order valence-electron chi connectivity index (χ4n) is 3.22. The molecule has 0 aliphatic heterocycles. The van der Waals surface area contributed by atoms with Gasteiger partial charge in [-0.1, -0.05) is 17.7 Å². The number of ether oxygens (including phenoxy) is 1. The molecule has 0 aromatic heterocycles. The van der Waals surface area contributed by atoms with E-state index in [0.717, 1.165) is 18.4 Å². The van der Waals surface area contributed by atoms with Crippen molar-refractivity contribution in [2.24, 2.45) is 5.92 Å². The molecule has 2 aromatic rings. The van der Waals surface area contributed by atoms with Crippen molar-refractivity contribution in [3.05, 3.63) is 58.6 Å². The first-order valence-electron chi connectivity index (χ1n) is 8.55. The van der Waals surface area contributed by atoms with Crippen LogP contribution in [0.4, 0.5) is 0 Å². The predicted molar refractivity (Wildman–Crippen MR) is 102 cm³/mol. The van der Waals surface area contributed by atoms with Crippen LogP contribution in [0, 0.1) is 5.92 Å². The average molecular weight is 410 g/mol. The van der Waals surface area contributed by atoms with E-state index in [1.807, 2.05) is 12.1 Å². The van der Waals surface area contributed by atoms with Crippen LogP contribution in [0.1, 0.15) is 17.5 Å². The maximum absolute atomic E-state index is 12.3. The number of fused-ring (bicyclic) bond motifs is 1. The number of hydrogen-bond donors (Lipinski definition) is 2. The molecule has 0 bridgehead atoms. The number of aliphatic carboxylic acids is 1. The first kappa shape index (κ1) is 19.7. The van der Waals surface area contributed by atoms with Gasteiger partial charge in [0, 0.05) is 11.6 Å². The van der Waals surface area contributed by atoms with Gasteiger partial charge in [-0.3, -0.25) is 0 Å². The third kappa shape index (κ3) is 5.22. The van der Waals surface area contributed by atoms with Crippen LogP contribution in [0.25, 0.3) is 0 Å². The molecule has 2 aromatic carbocycles. The summed E-state index contributed by atoms with van der Waals surface area (Å²) in [6.07, 6.45) is 2.41. The molecule has 0 amide bonds. The lowest BCUT2D eigenvalue weighted by Gasteiger charge is -2.10. The highest BCUT2D eigenvalue weighted by molar-refractivity contribution is 7.89. The first-order chi connectivity index (χ1) is 12.8. The minimum Gasteiger partial charge on any atom is -0.482 e. The molecule has 3 rings (SSSR count). The highest BCUT2D eigenvalue weighted by atomic mass is 35.5. The van der Waals surface area contributed by atoms with E-state index < -0.39 is 16.0 Å². The molecule has 6 nitrogen and oxygen atoms in total. The summed E-state index contributed by atoms with van der Waals surface area (Å²) in [5.41, 5.74) is 2.33. The Bertz CT molecular complexity index is 928. The Hall–Kier alpha value is -2.09. The fraction of sp³-hybridized carbons (Fsp3) is 0.316. The zero-order valence-electron chi connectivity index (χ0n) is 14.5. The van der Waals surface area contributed by atoms with Crippen LogP contribution in [0.15, 0.2) is 47.4 Å². The predicted octanol–water partition coefficient (Wildman–Crippen LogP) is 2.89. The zero-order valence-corrected chi connectivity index (χ0v) is 16.1. The number of benzene rings is 2. The number of carboxylic acid groups (broad SMARTS) is 1. The monoisotopic (exact) mass is 409 g/mol. The Morgan fingerprint density at radius 2 is 1.85 bits per heavy atom. The molecule has 1 atom stereocenters. The molecule has 0 radical (unpaired) electrons. The van der Waals surface area contributed by atoms with E-state index in [-0.39, 0.29) is 11.5 Å². The maximum Gasteiger partial charge on any atom is 0.341 e. The summed E-state index contributed by atoms with van der Waals surface area (Å²) >= 11 is 5.79. The molecular formula is C19H20ClNO5S. The van der Waals surface area contributed by atoms with Crippen molar-refractivity contribution in [2.75, 3.05) is 13.2 Å². The lowest BCUT2D eigenvalue weighted by molar-refractivity contribution is -0.139. The van der Waals surface area contributed by atoms with Crippen LogP contribution in [-0.4, -0.2) is 32.6 Å². The third-order valence-electron chi connectivity index (χ3n) is 4.53. The van der Waals surface area contributed by atoms with Gasteiger partial charge in [-0.2, -0.15) is 0 Å². The van der Waals surface area contributed by atoms with Gasteiger partial charge in [-0.15, -0.1) is 0 Å². The smallest absolute Gasteiger partial charge is 0.341 e. The largest absolute Gasteiger partial charge is 0.482 e. The van der Waals surface area contributed by atoms with Crippen LogP contribution in [-0.2, 0) is 27.7 Å². The van der Waals surface area contributed by atoms with E-state index in [1.54, 1.807) is 18.2 Å². The molecule has 1 aliphatic carbocycles. The van der Waals surface area contributed by atoms with Crippen molar-refractivity contribution >= 4 is 27.6 Å². The van der Waals surface area contributed by atoms with Gasteiger partial charge in [0.25, 0.3) is 0 Å². The molecule has 1 aliphatic rings. The standard InChI is InChI=1S/C19H20ClNO5S/c20-16-2-5-18(6-3-16)27(24,25)21-8-7-13-9-14-1-4-17(11-15(14)10-13)26-12-19(22)23/h1-6,11,13,21H,7-10,12H2,(H,22,23). The molecular weight excluding hydrogens is 390 g/mol. The summed E-state index contributed by atoms with van der Waals surface area (Å²) in [5.74, 6) is -0.135. The number of carboxylic acids is 1. The minimum absolute atomic E-state index is 0.196. The van der Waals surface area contributed by atoms with Crippen LogP contribution < -0.4 is 9.46 Å². The lowest BCUT2D eigenvalue weighted by Crippen LogP contribution is -2.26. The van der Waals surface area contributed by atoms with Gasteiger partial charge in [-0.25, -0.2) is 17.9 Å². The highest BCUT2D eigenvalue weighted by Crippen LogP contribution is 2.31. The van der Waals surface area contributed by atoms with Crippen molar-refractivity contribution < 1.29 is 23.1 Å². The molecule has 0 saturated heterocycles. The van der Waals surface area contributed by atoms with Gasteiger partial charge in [0.1, 0.15) is 5.75 Å². The molecule has 0 spiro atoms. The van der Waals surface area contributed by atoms with E-state index in [4.69, 9.17) is 21.4 Å². The van der Waals surface area contributed by atoms with E-state index >= 15 is 0 Å². The van der Waals surface area contributed by atoms with Crippen molar-refractivity contribution in [3.8, 4) is 5.75 Å². The Morgan fingerprint density at radius 1 is 1.15 bits per heavy atom. The number of rotatable bonds is 8.